The minimum atomic E-state index is -0.959. The molecule has 1 saturated heterocycles. The fraction of sp³-hybridized carbons (Fsp3) is 0.818. The second-order valence-electron chi connectivity index (χ2n) is 4.50. The van der Waals surface area contributed by atoms with Crippen LogP contribution in [0.3, 0.4) is 0 Å². The van der Waals surface area contributed by atoms with Crippen molar-refractivity contribution in [3.63, 3.8) is 0 Å². The van der Waals surface area contributed by atoms with Gasteiger partial charge in [-0.3, -0.25) is 4.79 Å². The largest absolute Gasteiger partial charge is 0.479 e. The fourth-order valence-electron chi connectivity index (χ4n) is 2.71. The number of amides is 1. The van der Waals surface area contributed by atoms with Gasteiger partial charge in [-0.25, -0.2) is 4.79 Å². The van der Waals surface area contributed by atoms with Crippen LogP contribution in [0.25, 0.3) is 0 Å². The number of carbonyl (C=O) groups excluding carboxylic acids is 1. The molecule has 90 valence electrons. The molecule has 5 heteroatoms. The summed E-state index contributed by atoms with van der Waals surface area (Å²) in [5.41, 5.74) is -0.959. The summed E-state index contributed by atoms with van der Waals surface area (Å²) >= 11 is 0. The van der Waals surface area contributed by atoms with Gasteiger partial charge in [0.15, 0.2) is 0 Å². The maximum Gasteiger partial charge on any atom is 0.329 e. The third-order valence-corrected chi connectivity index (χ3v) is 3.58. The van der Waals surface area contributed by atoms with E-state index in [1.807, 2.05) is 0 Å². The van der Waals surface area contributed by atoms with Crippen LogP contribution in [0.4, 0.5) is 0 Å². The van der Waals surface area contributed by atoms with Crippen molar-refractivity contribution in [3.05, 3.63) is 0 Å². The lowest BCUT2D eigenvalue weighted by Gasteiger charge is -2.44. The number of morpholine rings is 1. The summed E-state index contributed by atoms with van der Waals surface area (Å²) in [6.07, 6.45) is 3.99. The first-order valence-electron chi connectivity index (χ1n) is 5.78. The van der Waals surface area contributed by atoms with Crippen LogP contribution in [0.1, 0.15) is 32.1 Å². The lowest BCUT2D eigenvalue weighted by molar-refractivity contribution is -0.169. The molecule has 0 bridgehead atoms. The van der Waals surface area contributed by atoms with E-state index < -0.39 is 11.5 Å². The van der Waals surface area contributed by atoms with Gasteiger partial charge < -0.3 is 14.7 Å². The lowest BCUT2D eigenvalue weighted by atomic mass is 9.80. The van der Waals surface area contributed by atoms with Crippen LogP contribution in [-0.4, -0.2) is 47.2 Å². The number of carbonyl (C=O) groups is 2. The minimum absolute atomic E-state index is 0.0228. The van der Waals surface area contributed by atoms with Gasteiger partial charge in [-0.1, -0.05) is 19.3 Å². The van der Waals surface area contributed by atoms with Gasteiger partial charge in [0.1, 0.15) is 12.1 Å². The highest BCUT2D eigenvalue weighted by Gasteiger charge is 2.47. The van der Waals surface area contributed by atoms with Crippen molar-refractivity contribution in [3.8, 4) is 0 Å². The molecule has 16 heavy (non-hydrogen) atoms. The molecule has 2 aliphatic rings. The number of carboxylic acid groups (broad SMARTS) is 1. The summed E-state index contributed by atoms with van der Waals surface area (Å²) < 4.78 is 5.04. The molecule has 1 N–H and O–H groups in total. The molecule has 1 saturated carbocycles. The van der Waals surface area contributed by atoms with E-state index in [1.54, 1.807) is 0 Å². The minimum Gasteiger partial charge on any atom is -0.479 e. The van der Waals surface area contributed by atoms with Gasteiger partial charge in [0.25, 0.3) is 0 Å². The fourth-order valence-corrected chi connectivity index (χ4v) is 2.71. The summed E-state index contributed by atoms with van der Waals surface area (Å²) in [5, 5.41) is 9.42. The molecule has 0 aromatic rings. The number of nitrogens with zero attached hydrogens (tertiary/aromatic N) is 1. The van der Waals surface area contributed by atoms with Crippen molar-refractivity contribution in [2.45, 2.75) is 37.6 Å². The van der Waals surface area contributed by atoms with Crippen molar-refractivity contribution < 1.29 is 19.4 Å². The first-order chi connectivity index (χ1) is 7.67. The first kappa shape index (κ1) is 11.4. The Bertz CT molecular complexity index is 294. The molecular formula is C11H17NO4. The summed E-state index contributed by atoms with van der Waals surface area (Å²) in [4.78, 5) is 24.8. The van der Waals surface area contributed by atoms with Crippen molar-refractivity contribution in [1.29, 1.82) is 0 Å². The van der Waals surface area contributed by atoms with Crippen LogP contribution >= 0.6 is 0 Å². The summed E-state index contributed by atoms with van der Waals surface area (Å²) in [6, 6.07) is 0. The van der Waals surface area contributed by atoms with E-state index >= 15 is 0 Å². The molecule has 2 fully saturated rings. The van der Waals surface area contributed by atoms with E-state index in [-0.39, 0.29) is 12.5 Å². The van der Waals surface area contributed by atoms with Crippen LogP contribution in [0.2, 0.25) is 0 Å². The zero-order chi connectivity index (χ0) is 11.6. The normalized spacial score (nSPS) is 25.5. The van der Waals surface area contributed by atoms with Crippen LogP contribution in [0.5, 0.6) is 0 Å². The SMILES string of the molecule is O=C1COCCN1C1(C(=O)O)CCCCC1. The van der Waals surface area contributed by atoms with Gasteiger partial charge in [-0.05, 0) is 12.8 Å². The Balaban J connectivity index is 2.23. The summed E-state index contributed by atoms with van der Waals surface area (Å²) in [7, 11) is 0. The highest BCUT2D eigenvalue weighted by Crippen LogP contribution is 2.34. The van der Waals surface area contributed by atoms with Crippen LogP contribution in [0.15, 0.2) is 0 Å². The number of hydrogen-bond donors (Lipinski definition) is 1. The third-order valence-electron chi connectivity index (χ3n) is 3.58. The van der Waals surface area contributed by atoms with Crippen molar-refractivity contribution in [1.82, 2.24) is 4.90 Å². The van der Waals surface area contributed by atoms with Gasteiger partial charge in [0.05, 0.1) is 6.61 Å². The number of aliphatic carboxylic acids is 1. The first-order valence-corrected chi connectivity index (χ1v) is 5.78. The smallest absolute Gasteiger partial charge is 0.329 e. The molecule has 0 unspecified atom stereocenters. The van der Waals surface area contributed by atoms with Gasteiger partial charge in [-0.15, -0.1) is 0 Å². The van der Waals surface area contributed by atoms with Crippen molar-refractivity contribution >= 4 is 11.9 Å². The Hall–Kier alpha value is -1.10. The molecule has 0 atom stereocenters. The maximum absolute atomic E-state index is 11.7. The quantitative estimate of drug-likeness (QED) is 0.751. The monoisotopic (exact) mass is 227 g/mol. The molecule has 1 amide bonds. The molecule has 1 aliphatic heterocycles. The van der Waals surface area contributed by atoms with Crippen LogP contribution in [-0.2, 0) is 14.3 Å². The Labute approximate surface area is 94.4 Å². The Morgan fingerprint density at radius 1 is 1.31 bits per heavy atom. The average molecular weight is 227 g/mol. The standard InChI is InChI=1S/C11H17NO4/c13-9-8-16-7-6-12(9)11(10(14)15)4-2-1-3-5-11/h1-8H2,(H,14,15). The Kier molecular flexibility index (Phi) is 3.14. The van der Waals surface area contributed by atoms with Gasteiger partial charge in [0, 0.05) is 6.54 Å². The highest BCUT2D eigenvalue weighted by atomic mass is 16.5. The number of carboxylic acids is 1. The maximum atomic E-state index is 11.7. The van der Waals surface area contributed by atoms with E-state index in [9.17, 15) is 14.7 Å². The molecule has 0 spiro atoms. The molecule has 1 heterocycles. The average Bonchev–Trinajstić information content (AvgIpc) is 2.30. The molecule has 1 aliphatic carbocycles. The van der Waals surface area contributed by atoms with E-state index in [1.165, 1.54) is 4.90 Å². The second kappa shape index (κ2) is 4.41. The van der Waals surface area contributed by atoms with Gasteiger partial charge >= 0.3 is 5.97 Å². The predicted molar refractivity (Wildman–Crippen MR) is 56.0 cm³/mol. The van der Waals surface area contributed by atoms with Crippen LogP contribution in [0, 0.1) is 0 Å². The van der Waals surface area contributed by atoms with E-state index in [0.717, 1.165) is 19.3 Å². The Morgan fingerprint density at radius 2 is 2.00 bits per heavy atom. The van der Waals surface area contributed by atoms with Crippen molar-refractivity contribution in [2.75, 3.05) is 19.8 Å². The molecule has 0 aromatic heterocycles. The molecule has 2 rings (SSSR count). The number of hydrogen-bond acceptors (Lipinski definition) is 3. The van der Waals surface area contributed by atoms with E-state index in [0.29, 0.717) is 26.0 Å². The second-order valence-corrected chi connectivity index (χ2v) is 4.50. The predicted octanol–water partition coefficient (Wildman–Crippen LogP) is 0.633. The molecular weight excluding hydrogens is 210 g/mol. The molecule has 0 radical (unpaired) electrons. The Morgan fingerprint density at radius 3 is 2.56 bits per heavy atom. The van der Waals surface area contributed by atoms with Crippen LogP contribution < -0.4 is 0 Å². The summed E-state index contributed by atoms with van der Waals surface area (Å²) in [6.45, 7) is 0.876. The lowest BCUT2D eigenvalue weighted by Crippen LogP contribution is -2.61. The zero-order valence-electron chi connectivity index (χ0n) is 9.28. The van der Waals surface area contributed by atoms with Gasteiger partial charge in [0.2, 0.25) is 5.91 Å². The third kappa shape index (κ3) is 1.80. The topological polar surface area (TPSA) is 66.8 Å². The van der Waals surface area contributed by atoms with E-state index in [4.69, 9.17) is 4.74 Å². The molecule has 0 aromatic carbocycles. The van der Waals surface area contributed by atoms with Crippen molar-refractivity contribution in [2.24, 2.45) is 0 Å². The van der Waals surface area contributed by atoms with E-state index in [2.05, 4.69) is 0 Å². The number of ether oxygens (including phenoxy) is 1. The highest BCUT2D eigenvalue weighted by molar-refractivity contribution is 5.88. The zero-order valence-corrected chi connectivity index (χ0v) is 9.28. The van der Waals surface area contributed by atoms with Gasteiger partial charge in [-0.2, -0.15) is 0 Å². The summed E-state index contributed by atoms with van der Waals surface area (Å²) in [5.74, 6) is -1.04. The number of rotatable bonds is 2. The molecule has 5 nitrogen and oxygen atoms in total.